The lowest BCUT2D eigenvalue weighted by Gasteiger charge is -2.25. The second-order valence-corrected chi connectivity index (χ2v) is 4.16. The van der Waals surface area contributed by atoms with Gasteiger partial charge in [-0.3, -0.25) is 4.90 Å². The van der Waals surface area contributed by atoms with E-state index in [9.17, 15) is 0 Å². The van der Waals surface area contributed by atoms with Gasteiger partial charge in [0.05, 0.1) is 6.61 Å². The summed E-state index contributed by atoms with van der Waals surface area (Å²) in [5, 5.41) is 1.09. The second kappa shape index (κ2) is 8.97. The minimum atomic E-state index is 0.625. The van der Waals surface area contributed by atoms with E-state index in [0.717, 1.165) is 31.6 Å². The topological polar surface area (TPSA) is 12.5 Å². The average molecular weight is 252 g/mol. The van der Waals surface area contributed by atoms with Crippen molar-refractivity contribution in [2.45, 2.75) is 33.2 Å². The lowest BCUT2D eigenvalue weighted by Crippen LogP contribution is -2.35. The molecule has 0 aliphatic rings. The number of nitrogens with zero attached hydrogens (tertiary/aromatic N) is 1. The van der Waals surface area contributed by atoms with E-state index in [2.05, 4.69) is 34.7 Å². The quantitative estimate of drug-likeness (QED) is 0.486. The molecule has 0 N–H and O–H groups in total. The van der Waals surface area contributed by atoms with Gasteiger partial charge >= 0.3 is 0 Å². The van der Waals surface area contributed by atoms with Crippen molar-refractivity contribution < 1.29 is 4.74 Å². The van der Waals surface area contributed by atoms with Gasteiger partial charge in [0.15, 0.2) is 0 Å². The summed E-state index contributed by atoms with van der Waals surface area (Å²) in [6.07, 6.45) is 1.21. The lowest BCUT2D eigenvalue weighted by atomic mass is 10.3. The number of halogens is 1. The summed E-state index contributed by atoms with van der Waals surface area (Å²) in [4.78, 5) is 2.46. The van der Waals surface area contributed by atoms with Crippen molar-refractivity contribution in [3.8, 4) is 0 Å². The minimum Gasteiger partial charge on any atom is -0.380 e. The van der Waals surface area contributed by atoms with Gasteiger partial charge in [0.1, 0.15) is 0 Å². The molecular formula is C10H22BrNO. The third kappa shape index (κ3) is 7.47. The summed E-state index contributed by atoms with van der Waals surface area (Å²) < 4.78 is 5.34. The summed E-state index contributed by atoms with van der Waals surface area (Å²) >= 11 is 3.45. The SMILES string of the molecule is CCOCCN(CCCBr)C(C)C. The molecule has 80 valence electrons. The summed E-state index contributed by atoms with van der Waals surface area (Å²) in [6, 6.07) is 0.625. The molecule has 0 radical (unpaired) electrons. The van der Waals surface area contributed by atoms with Crippen LogP contribution in [0.3, 0.4) is 0 Å². The molecule has 3 heteroatoms. The van der Waals surface area contributed by atoms with Gasteiger partial charge in [0.25, 0.3) is 0 Å². The van der Waals surface area contributed by atoms with Gasteiger partial charge in [-0.05, 0) is 33.7 Å². The molecule has 0 heterocycles. The van der Waals surface area contributed by atoms with Gasteiger partial charge in [0.2, 0.25) is 0 Å². The molecule has 0 aliphatic heterocycles. The van der Waals surface area contributed by atoms with E-state index < -0.39 is 0 Å². The highest BCUT2D eigenvalue weighted by Crippen LogP contribution is 2.00. The second-order valence-electron chi connectivity index (χ2n) is 3.37. The Morgan fingerprint density at radius 3 is 2.46 bits per heavy atom. The monoisotopic (exact) mass is 251 g/mol. The largest absolute Gasteiger partial charge is 0.380 e. The van der Waals surface area contributed by atoms with Crippen molar-refractivity contribution in [3.05, 3.63) is 0 Å². The Labute approximate surface area is 90.8 Å². The molecule has 0 rings (SSSR count). The molecule has 2 nitrogen and oxygen atoms in total. The molecule has 0 unspecified atom stereocenters. The highest BCUT2D eigenvalue weighted by molar-refractivity contribution is 9.09. The molecule has 0 aromatic carbocycles. The predicted octanol–water partition coefficient (Wildman–Crippen LogP) is 2.52. The fraction of sp³-hybridized carbons (Fsp3) is 1.00. The number of rotatable bonds is 8. The normalized spacial score (nSPS) is 11.5. The summed E-state index contributed by atoms with van der Waals surface area (Å²) in [5.74, 6) is 0. The van der Waals surface area contributed by atoms with E-state index in [4.69, 9.17) is 4.74 Å². The van der Waals surface area contributed by atoms with Crippen molar-refractivity contribution in [2.75, 3.05) is 31.6 Å². The first kappa shape index (κ1) is 13.4. The molecule has 0 aliphatic carbocycles. The van der Waals surface area contributed by atoms with Crippen LogP contribution in [0.2, 0.25) is 0 Å². The Hall–Kier alpha value is 0.400. The molecule has 0 fully saturated rings. The van der Waals surface area contributed by atoms with Crippen LogP contribution in [0.25, 0.3) is 0 Å². The molecule has 0 bridgehead atoms. The van der Waals surface area contributed by atoms with E-state index >= 15 is 0 Å². The Bertz CT molecular complexity index is 109. The van der Waals surface area contributed by atoms with Gasteiger partial charge in [-0.1, -0.05) is 15.9 Å². The zero-order chi connectivity index (χ0) is 10.1. The summed E-state index contributed by atoms with van der Waals surface area (Å²) in [6.45, 7) is 10.4. The standard InChI is InChI=1S/C10H22BrNO/c1-4-13-9-8-12(10(2)3)7-5-6-11/h10H,4-9H2,1-3H3. The van der Waals surface area contributed by atoms with Crippen LogP contribution in [0, 0.1) is 0 Å². The highest BCUT2D eigenvalue weighted by Gasteiger charge is 2.07. The lowest BCUT2D eigenvalue weighted by molar-refractivity contribution is 0.101. The molecule has 0 aromatic heterocycles. The van der Waals surface area contributed by atoms with Crippen LogP contribution in [0.4, 0.5) is 0 Å². The Morgan fingerprint density at radius 2 is 2.00 bits per heavy atom. The average Bonchev–Trinajstić information content (AvgIpc) is 2.10. The van der Waals surface area contributed by atoms with Gasteiger partial charge in [-0.2, -0.15) is 0 Å². The molecule has 0 saturated heterocycles. The zero-order valence-corrected chi connectivity index (χ0v) is 10.6. The smallest absolute Gasteiger partial charge is 0.0593 e. The third-order valence-corrected chi connectivity index (χ3v) is 2.60. The first-order chi connectivity index (χ1) is 6.22. The van der Waals surface area contributed by atoms with Crippen LogP contribution in [-0.2, 0) is 4.74 Å². The molecule has 0 aromatic rings. The molecule has 0 saturated carbocycles. The molecule has 0 amide bonds. The van der Waals surface area contributed by atoms with Crippen LogP contribution in [-0.4, -0.2) is 42.6 Å². The van der Waals surface area contributed by atoms with Gasteiger partial charge < -0.3 is 4.74 Å². The van der Waals surface area contributed by atoms with Crippen molar-refractivity contribution >= 4 is 15.9 Å². The van der Waals surface area contributed by atoms with E-state index in [0.29, 0.717) is 6.04 Å². The number of ether oxygens (including phenoxy) is 1. The highest BCUT2D eigenvalue weighted by atomic mass is 79.9. The predicted molar refractivity (Wildman–Crippen MR) is 61.6 cm³/mol. The maximum atomic E-state index is 5.34. The minimum absolute atomic E-state index is 0.625. The van der Waals surface area contributed by atoms with Crippen LogP contribution in [0.1, 0.15) is 27.2 Å². The maximum absolute atomic E-state index is 5.34. The number of alkyl halides is 1. The third-order valence-electron chi connectivity index (χ3n) is 2.04. The van der Waals surface area contributed by atoms with Crippen molar-refractivity contribution in [2.24, 2.45) is 0 Å². The number of hydrogen-bond donors (Lipinski definition) is 0. The molecule has 13 heavy (non-hydrogen) atoms. The van der Waals surface area contributed by atoms with Gasteiger partial charge in [-0.25, -0.2) is 0 Å². The Morgan fingerprint density at radius 1 is 1.31 bits per heavy atom. The summed E-state index contributed by atoms with van der Waals surface area (Å²) in [7, 11) is 0. The Balaban J connectivity index is 3.54. The fourth-order valence-corrected chi connectivity index (χ4v) is 1.47. The molecule has 0 atom stereocenters. The van der Waals surface area contributed by atoms with Crippen LogP contribution in [0.5, 0.6) is 0 Å². The fourth-order valence-electron chi connectivity index (χ4n) is 1.22. The summed E-state index contributed by atoms with van der Waals surface area (Å²) in [5.41, 5.74) is 0. The van der Waals surface area contributed by atoms with Gasteiger partial charge in [-0.15, -0.1) is 0 Å². The molecule has 0 spiro atoms. The molecular weight excluding hydrogens is 230 g/mol. The number of hydrogen-bond acceptors (Lipinski definition) is 2. The van der Waals surface area contributed by atoms with Crippen molar-refractivity contribution in [3.63, 3.8) is 0 Å². The first-order valence-electron chi connectivity index (χ1n) is 5.10. The van der Waals surface area contributed by atoms with E-state index in [-0.39, 0.29) is 0 Å². The van der Waals surface area contributed by atoms with E-state index in [1.807, 2.05) is 6.92 Å². The zero-order valence-electron chi connectivity index (χ0n) is 9.05. The van der Waals surface area contributed by atoms with E-state index in [1.165, 1.54) is 6.42 Å². The first-order valence-corrected chi connectivity index (χ1v) is 6.22. The van der Waals surface area contributed by atoms with Crippen LogP contribution >= 0.6 is 15.9 Å². The van der Waals surface area contributed by atoms with Crippen LogP contribution in [0.15, 0.2) is 0 Å². The Kier molecular flexibility index (Phi) is 9.25. The van der Waals surface area contributed by atoms with E-state index in [1.54, 1.807) is 0 Å². The van der Waals surface area contributed by atoms with Crippen molar-refractivity contribution in [1.82, 2.24) is 4.90 Å². The van der Waals surface area contributed by atoms with Crippen molar-refractivity contribution in [1.29, 1.82) is 0 Å². The van der Waals surface area contributed by atoms with Crippen LogP contribution < -0.4 is 0 Å². The maximum Gasteiger partial charge on any atom is 0.0593 e. The van der Waals surface area contributed by atoms with Gasteiger partial charge in [0, 0.05) is 24.5 Å².